The first-order valence-corrected chi connectivity index (χ1v) is 8.83. The summed E-state index contributed by atoms with van der Waals surface area (Å²) in [6, 6.07) is 7.16. The third kappa shape index (κ3) is 5.34. The lowest BCUT2D eigenvalue weighted by Crippen LogP contribution is -2.44. The van der Waals surface area contributed by atoms with Crippen LogP contribution in [-0.4, -0.2) is 46.3 Å². The van der Waals surface area contributed by atoms with Gasteiger partial charge < -0.3 is 14.4 Å². The van der Waals surface area contributed by atoms with Gasteiger partial charge in [-0.1, -0.05) is 6.07 Å². The number of halogens is 3. The summed E-state index contributed by atoms with van der Waals surface area (Å²) in [5.41, 5.74) is 1.70. The van der Waals surface area contributed by atoms with Crippen LogP contribution in [0.2, 0.25) is 0 Å². The number of carbonyl (C=O) groups is 1. The Bertz CT molecular complexity index is 838. The molecular formula is C19H20F3N3O3. The van der Waals surface area contributed by atoms with Crippen LogP contribution in [0.4, 0.5) is 13.2 Å². The zero-order valence-corrected chi connectivity index (χ0v) is 15.5. The summed E-state index contributed by atoms with van der Waals surface area (Å²) in [4.78, 5) is 22.8. The molecule has 0 aliphatic carbocycles. The van der Waals surface area contributed by atoms with Gasteiger partial charge in [0, 0.05) is 23.5 Å². The maximum absolute atomic E-state index is 12.7. The largest absolute Gasteiger partial charge is 0.573 e. The molecule has 28 heavy (non-hydrogen) atoms. The summed E-state index contributed by atoms with van der Waals surface area (Å²) in [5, 5.41) is 0. The first-order chi connectivity index (χ1) is 13.2. The second-order valence-electron chi connectivity index (χ2n) is 6.64. The van der Waals surface area contributed by atoms with E-state index in [1.807, 2.05) is 19.9 Å². The van der Waals surface area contributed by atoms with Crippen molar-refractivity contribution in [3.05, 3.63) is 47.3 Å². The number of benzene rings is 1. The van der Waals surface area contributed by atoms with Crippen LogP contribution >= 0.6 is 0 Å². The minimum Gasteiger partial charge on any atom is -0.458 e. The number of hydrogen-bond acceptors (Lipinski definition) is 5. The van der Waals surface area contributed by atoms with Gasteiger partial charge in [0.15, 0.2) is 0 Å². The van der Waals surface area contributed by atoms with Gasteiger partial charge in [0.1, 0.15) is 11.9 Å². The monoisotopic (exact) mass is 395 g/mol. The van der Waals surface area contributed by atoms with Crippen molar-refractivity contribution in [2.45, 2.75) is 39.2 Å². The zero-order valence-electron chi connectivity index (χ0n) is 15.5. The number of likely N-dealkylation sites (tertiary alicyclic amines) is 1. The molecule has 1 atom stereocenters. The van der Waals surface area contributed by atoms with Crippen molar-refractivity contribution >= 4 is 5.91 Å². The summed E-state index contributed by atoms with van der Waals surface area (Å²) in [5.74, 6) is -0.797. The molecule has 0 N–H and O–H groups in total. The molecule has 0 radical (unpaired) electrons. The Hall–Kier alpha value is -2.84. The first kappa shape index (κ1) is 19.9. The van der Waals surface area contributed by atoms with Crippen molar-refractivity contribution in [3.8, 4) is 11.8 Å². The topological polar surface area (TPSA) is 64.5 Å². The standard InChI is InChI=1S/C19H20F3N3O3/c1-12-9-13(2)24-18(23-12)27-16-7-4-8-25(11-16)17(26)14-5-3-6-15(10-14)28-19(20,21)22/h3,5-6,9-10,16H,4,7-8,11H2,1-2H3. The van der Waals surface area contributed by atoms with Gasteiger partial charge in [-0.25, -0.2) is 9.97 Å². The number of amides is 1. The van der Waals surface area contributed by atoms with Gasteiger partial charge >= 0.3 is 12.4 Å². The van der Waals surface area contributed by atoms with Gasteiger partial charge in [0.2, 0.25) is 0 Å². The van der Waals surface area contributed by atoms with Gasteiger partial charge in [-0.3, -0.25) is 4.79 Å². The number of hydrogen-bond donors (Lipinski definition) is 0. The van der Waals surface area contributed by atoms with Crippen LogP contribution in [0.15, 0.2) is 30.3 Å². The number of rotatable bonds is 4. The van der Waals surface area contributed by atoms with Crippen LogP contribution in [-0.2, 0) is 0 Å². The van der Waals surface area contributed by atoms with E-state index >= 15 is 0 Å². The molecule has 1 saturated heterocycles. The number of nitrogens with zero attached hydrogens (tertiary/aromatic N) is 3. The van der Waals surface area contributed by atoms with E-state index in [1.54, 1.807) is 4.90 Å². The number of carbonyl (C=O) groups excluding carboxylic acids is 1. The van der Waals surface area contributed by atoms with Crippen LogP contribution in [0.5, 0.6) is 11.8 Å². The number of ether oxygens (including phenoxy) is 2. The highest BCUT2D eigenvalue weighted by molar-refractivity contribution is 5.94. The molecule has 6 nitrogen and oxygen atoms in total. The molecule has 2 heterocycles. The Kier molecular flexibility index (Phi) is 5.71. The molecule has 1 aromatic carbocycles. The van der Waals surface area contributed by atoms with E-state index in [1.165, 1.54) is 12.1 Å². The van der Waals surface area contributed by atoms with Crippen molar-refractivity contribution in [3.63, 3.8) is 0 Å². The van der Waals surface area contributed by atoms with E-state index in [-0.39, 0.29) is 23.6 Å². The molecule has 150 valence electrons. The maximum atomic E-state index is 12.7. The molecule has 9 heteroatoms. The first-order valence-electron chi connectivity index (χ1n) is 8.83. The Balaban J connectivity index is 1.68. The fraction of sp³-hybridized carbons (Fsp3) is 0.421. The van der Waals surface area contributed by atoms with Gasteiger partial charge in [-0.05, 0) is 51.0 Å². The average molecular weight is 395 g/mol. The SMILES string of the molecule is Cc1cc(C)nc(OC2CCCN(C(=O)c3cccc(OC(F)(F)F)c3)C2)n1. The highest BCUT2D eigenvalue weighted by Gasteiger charge is 2.32. The fourth-order valence-electron chi connectivity index (χ4n) is 3.12. The molecular weight excluding hydrogens is 375 g/mol. The summed E-state index contributed by atoms with van der Waals surface area (Å²) < 4.78 is 46.9. The van der Waals surface area contributed by atoms with Crippen LogP contribution < -0.4 is 9.47 Å². The number of aromatic nitrogens is 2. The molecule has 1 aromatic heterocycles. The smallest absolute Gasteiger partial charge is 0.458 e. The second kappa shape index (κ2) is 8.04. The van der Waals surface area contributed by atoms with Crippen molar-refractivity contribution in [2.75, 3.05) is 13.1 Å². The van der Waals surface area contributed by atoms with Crippen LogP contribution in [0.25, 0.3) is 0 Å². The third-order valence-electron chi connectivity index (χ3n) is 4.21. The molecule has 3 rings (SSSR count). The highest BCUT2D eigenvalue weighted by atomic mass is 19.4. The average Bonchev–Trinajstić information content (AvgIpc) is 2.59. The highest BCUT2D eigenvalue weighted by Crippen LogP contribution is 2.25. The lowest BCUT2D eigenvalue weighted by Gasteiger charge is -2.32. The predicted molar refractivity (Wildman–Crippen MR) is 94.2 cm³/mol. The van der Waals surface area contributed by atoms with Gasteiger partial charge in [-0.2, -0.15) is 0 Å². The molecule has 1 aliphatic heterocycles. The van der Waals surface area contributed by atoms with Crippen molar-refractivity contribution in [1.82, 2.24) is 14.9 Å². The number of alkyl halides is 3. The lowest BCUT2D eigenvalue weighted by molar-refractivity contribution is -0.274. The summed E-state index contributed by atoms with van der Waals surface area (Å²) in [6.45, 7) is 4.48. The molecule has 0 spiro atoms. The van der Waals surface area contributed by atoms with Crippen molar-refractivity contribution in [2.24, 2.45) is 0 Å². The maximum Gasteiger partial charge on any atom is 0.573 e. The third-order valence-corrected chi connectivity index (χ3v) is 4.21. The van der Waals surface area contributed by atoms with E-state index in [0.717, 1.165) is 29.9 Å². The lowest BCUT2D eigenvalue weighted by atomic mass is 10.1. The van der Waals surface area contributed by atoms with Gasteiger partial charge in [0.25, 0.3) is 5.91 Å². The van der Waals surface area contributed by atoms with Crippen molar-refractivity contribution < 1.29 is 27.4 Å². The van der Waals surface area contributed by atoms with E-state index in [0.29, 0.717) is 19.5 Å². The molecule has 0 saturated carbocycles. The molecule has 1 amide bonds. The zero-order chi connectivity index (χ0) is 20.3. The summed E-state index contributed by atoms with van der Waals surface area (Å²) in [7, 11) is 0. The molecule has 2 aromatic rings. The van der Waals surface area contributed by atoms with Crippen molar-refractivity contribution in [1.29, 1.82) is 0 Å². The normalized spacial score (nSPS) is 17.3. The van der Waals surface area contributed by atoms with E-state index in [2.05, 4.69) is 14.7 Å². The number of aryl methyl sites for hydroxylation is 2. The quantitative estimate of drug-likeness (QED) is 0.790. The minimum atomic E-state index is -4.81. The Morgan fingerprint density at radius 1 is 1.18 bits per heavy atom. The second-order valence-corrected chi connectivity index (χ2v) is 6.64. The van der Waals surface area contributed by atoms with Gasteiger partial charge in [0.05, 0.1) is 6.54 Å². The minimum absolute atomic E-state index is 0.130. The van der Waals surface area contributed by atoms with Crippen LogP contribution in [0, 0.1) is 13.8 Å². The summed E-state index contributed by atoms with van der Waals surface area (Å²) >= 11 is 0. The summed E-state index contributed by atoms with van der Waals surface area (Å²) in [6.07, 6.45) is -3.65. The Labute approximate surface area is 160 Å². The molecule has 1 unspecified atom stereocenters. The fourth-order valence-corrected chi connectivity index (χ4v) is 3.12. The molecule has 1 aliphatic rings. The van der Waals surface area contributed by atoms with Crippen LogP contribution in [0.1, 0.15) is 34.6 Å². The van der Waals surface area contributed by atoms with E-state index < -0.39 is 12.1 Å². The Morgan fingerprint density at radius 2 is 1.89 bits per heavy atom. The van der Waals surface area contributed by atoms with Crippen LogP contribution in [0.3, 0.4) is 0 Å². The Morgan fingerprint density at radius 3 is 2.57 bits per heavy atom. The molecule has 1 fully saturated rings. The predicted octanol–water partition coefficient (Wildman–Crippen LogP) is 3.68. The van der Waals surface area contributed by atoms with E-state index in [4.69, 9.17) is 4.74 Å². The number of piperidine rings is 1. The van der Waals surface area contributed by atoms with Gasteiger partial charge in [-0.15, -0.1) is 13.2 Å². The molecule has 0 bridgehead atoms. The van der Waals surface area contributed by atoms with E-state index in [9.17, 15) is 18.0 Å².